The van der Waals surface area contributed by atoms with Crippen LogP contribution in [0.15, 0.2) is 60.0 Å². The van der Waals surface area contributed by atoms with E-state index in [0.717, 1.165) is 12.0 Å². The number of nitrogens with zero attached hydrogens (tertiary/aromatic N) is 2. The summed E-state index contributed by atoms with van der Waals surface area (Å²) < 4.78 is 5.63. The van der Waals surface area contributed by atoms with Gasteiger partial charge in [-0.1, -0.05) is 68.3 Å². The number of thiazole rings is 1. The predicted octanol–water partition coefficient (Wildman–Crippen LogP) is 6.35. The number of halogens is 1. The van der Waals surface area contributed by atoms with Crippen LogP contribution in [0, 0.1) is 5.92 Å². The molecule has 0 spiro atoms. The number of carbonyl (C=O) groups excluding carboxylic acids is 2. The van der Waals surface area contributed by atoms with Crippen LogP contribution >= 0.6 is 22.9 Å². The van der Waals surface area contributed by atoms with E-state index in [1.165, 1.54) is 23.2 Å². The lowest BCUT2D eigenvalue weighted by atomic mass is 9.86. The number of carbonyl (C=O) groups is 2. The van der Waals surface area contributed by atoms with Crippen LogP contribution in [0.3, 0.4) is 0 Å². The van der Waals surface area contributed by atoms with E-state index in [4.69, 9.17) is 16.3 Å². The van der Waals surface area contributed by atoms with Crippen LogP contribution < -0.4 is 4.90 Å². The fourth-order valence-electron chi connectivity index (χ4n) is 3.34. The molecule has 0 aliphatic heterocycles. The molecule has 3 aromatic rings. The predicted molar refractivity (Wildman–Crippen MR) is 125 cm³/mol. The first-order valence-electron chi connectivity index (χ1n) is 10.1. The second-order valence-electron chi connectivity index (χ2n) is 7.34. The number of aromatic nitrogens is 1. The van der Waals surface area contributed by atoms with Crippen molar-refractivity contribution >= 4 is 45.6 Å². The van der Waals surface area contributed by atoms with Crippen LogP contribution in [0.1, 0.15) is 44.4 Å². The van der Waals surface area contributed by atoms with Crippen molar-refractivity contribution in [2.24, 2.45) is 5.92 Å². The number of anilines is 2. The number of benzene rings is 2. The smallest absolute Gasteiger partial charge is 0.314 e. The van der Waals surface area contributed by atoms with Gasteiger partial charge in [0, 0.05) is 17.3 Å². The van der Waals surface area contributed by atoms with Crippen LogP contribution in [0.4, 0.5) is 10.8 Å². The van der Waals surface area contributed by atoms with Gasteiger partial charge in [0.15, 0.2) is 5.13 Å². The maximum absolute atomic E-state index is 12.9. The molecule has 0 fully saturated rings. The minimum Gasteiger partial charge on any atom is -0.459 e. The Balaban J connectivity index is 1.74. The second kappa shape index (κ2) is 10.6. The number of amides is 1. The van der Waals surface area contributed by atoms with Crippen molar-refractivity contribution in [3.05, 3.63) is 76.3 Å². The van der Waals surface area contributed by atoms with Crippen molar-refractivity contribution in [3.8, 4) is 0 Å². The third-order valence-corrected chi connectivity index (χ3v) is 6.21. The van der Waals surface area contributed by atoms with Gasteiger partial charge in [-0.05, 0) is 29.7 Å². The summed E-state index contributed by atoms with van der Waals surface area (Å²) in [5, 5.41) is 2.83. The molecule has 2 atom stereocenters. The summed E-state index contributed by atoms with van der Waals surface area (Å²) in [4.78, 5) is 31.2. The van der Waals surface area contributed by atoms with E-state index >= 15 is 0 Å². The molecule has 0 saturated carbocycles. The van der Waals surface area contributed by atoms with Crippen LogP contribution in [0.5, 0.6) is 0 Å². The monoisotopic (exact) mass is 456 g/mol. The lowest BCUT2D eigenvalue weighted by Gasteiger charge is -2.21. The van der Waals surface area contributed by atoms with E-state index in [1.807, 2.05) is 30.3 Å². The summed E-state index contributed by atoms with van der Waals surface area (Å²) >= 11 is 7.39. The molecule has 1 amide bonds. The van der Waals surface area contributed by atoms with Gasteiger partial charge in [0.1, 0.15) is 6.61 Å². The molecule has 1 heterocycles. The number of esters is 1. The molecule has 0 N–H and O–H groups in total. The molecule has 5 nitrogen and oxygen atoms in total. The van der Waals surface area contributed by atoms with Crippen molar-refractivity contribution in [1.82, 2.24) is 4.98 Å². The van der Waals surface area contributed by atoms with E-state index in [-0.39, 0.29) is 30.3 Å². The van der Waals surface area contributed by atoms with E-state index in [9.17, 15) is 9.59 Å². The van der Waals surface area contributed by atoms with Crippen molar-refractivity contribution in [2.75, 3.05) is 4.90 Å². The Bertz CT molecular complexity index is 1040. The van der Waals surface area contributed by atoms with Crippen molar-refractivity contribution in [3.63, 3.8) is 0 Å². The highest BCUT2D eigenvalue weighted by Crippen LogP contribution is 2.32. The molecule has 0 bridgehead atoms. The van der Waals surface area contributed by atoms with E-state index < -0.39 is 0 Å². The normalized spacial score (nSPS) is 12.8. The zero-order chi connectivity index (χ0) is 22.4. The molecular weight excluding hydrogens is 432 g/mol. The van der Waals surface area contributed by atoms with Crippen molar-refractivity contribution < 1.29 is 14.3 Å². The molecule has 2 unspecified atom stereocenters. The van der Waals surface area contributed by atoms with E-state index in [2.05, 4.69) is 18.8 Å². The van der Waals surface area contributed by atoms with Gasteiger partial charge in [-0.15, -0.1) is 11.3 Å². The first-order valence-corrected chi connectivity index (χ1v) is 11.4. The highest BCUT2D eigenvalue weighted by atomic mass is 35.5. The first-order chi connectivity index (χ1) is 14.9. The molecule has 0 saturated heterocycles. The number of hydrogen-bond donors (Lipinski definition) is 0. The van der Waals surface area contributed by atoms with Crippen LogP contribution in [0.25, 0.3) is 0 Å². The van der Waals surface area contributed by atoms with Crippen molar-refractivity contribution in [1.29, 1.82) is 0 Å². The third kappa shape index (κ3) is 5.71. The summed E-state index contributed by atoms with van der Waals surface area (Å²) in [6.07, 6.45) is 0.864. The summed E-state index contributed by atoms with van der Waals surface area (Å²) in [7, 11) is 0. The Hall–Kier alpha value is -2.70. The van der Waals surface area contributed by atoms with Gasteiger partial charge < -0.3 is 4.74 Å². The maximum Gasteiger partial charge on any atom is 0.314 e. The fraction of sp³-hybridized carbons (Fsp3) is 0.292. The molecule has 0 aliphatic rings. The topological polar surface area (TPSA) is 59.5 Å². The Morgan fingerprint density at radius 2 is 1.90 bits per heavy atom. The molecule has 1 aromatic heterocycles. The Labute approximate surface area is 191 Å². The summed E-state index contributed by atoms with van der Waals surface area (Å²) in [6.45, 7) is 5.64. The number of ether oxygens (including phenoxy) is 1. The summed E-state index contributed by atoms with van der Waals surface area (Å²) in [6, 6.07) is 16.7. The Morgan fingerprint density at radius 3 is 2.55 bits per heavy atom. The molecule has 31 heavy (non-hydrogen) atoms. The minimum atomic E-state index is -0.329. The number of rotatable bonds is 8. The largest absolute Gasteiger partial charge is 0.459 e. The summed E-state index contributed by atoms with van der Waals surface area (Å²) in [5.41, 5.74) is 2.18. The average Bonchev–Trinajstić information content (AvgIpc) is 3.21. The lowest BCUT2D eigenvalue weighted by molar-refractivity contribution is -0.148. The first kappa shape index (κ1) is 23.0. The second-order valence-corrected chi connectivity index (χ2v) is 8.61. The van der Waals surface area contributed by atoms with Crippen LogP contribution in [-0.4, -0.2) is 16.9 Å². The Kier molecular flexibility index (Phi) is 7.82. The molecule has 0 radical (unpaired) electrons. The molecule has 2 aromatic carbocycles. The molecule has 162 valence electrons. The molecule has 0 aliphatic carbocycles. The van der Waals surface area contributed by atoms with E-state index in [1.54, 1.807) is 29.6 Å². The molecule has 3 rings (SSSR count). The zero-order valence-electron chi connectivity index (χ0n) is 17.7. The lowest BCUT2D eigenvalue weighted by Crippen LogP contribution is -2.23. The van der Waals surface area contributed by atoms with Crippen LogP contribution in [0.2, 0.25) is 5.02 Å². The SMILES string of the molecule is CCC(C)C(C(=O)OCc1csc(N(C(C)=O)c2cccc(Cl)c2)n1)c1ccccc1. The minimum absolute atomic E-state index is 0.0520. The fourth-order valence-corrected chi connectivity index (χ4v) is 4.39. The van der Waals surface area contributed by atoms with Crippen LogP contribution in [-0.2, 0) is 20.9 Å². The highest BCUT2D eigenvalue weighted by Gasteiger charge is 2.27. The molecule has 7 heteroatoms. The maximum atomic E-state index is 12.9. The highest BCUT2D eigenvalue weighted by molar-refractivity contribution is 7.14. The summed E-state index contributed by atoms with van der Waals surface area (Å²) in [5.74, 6) is -0.629. The van der Waals surface area contributed by atoms with Gasteiger partial charge in [0.25, 0.3) is 0 Å². The van der Waals surface area contributed by atoms with Gasteiger partial charge in [-0.3, -0.25) is 14.5 Å². The quantitative estimate of drug-likeness (QED) is 0.370. The van der Waals surface area contributed by atoms with Gasteiger partial charge in [-0.2, -0.15) is 0 Å². The number of hydrogen-bond acceptors (Lipinski definition) is 5. The van der Waals surface area contributed by atoms with Crippen molar-refractivity contribution in [2.45, 2.75) is 39.7 Å². The standard InChI is InChI=1S/C24H25ClN2O3S/c1-4-16(2)22(18-9-6-5-7-10-18)23(29)30-14-20-15-31-24(26-20)27(17(3)28)21-12-8-11-19(25)13-21/h5-13,15-16,22H,4,14H2,1-3H3. The molecular formula is C24H25ClN2O3S. The van der Waals surface area contributed by atoms with Gasteiger partial charge >= 0.3 is 5.97 Å². The van der Waals surface area contributed by atoms with Gasteiger partial charge in [0.2, 0.25) is 5.91 Å². The van der Waals surface area contributed by atoms with Gasteiger partial charge in [0.05, 0.1) is 17.3 Å². The third-order valence-electron chi connectivity index (χ3n) is 5.10. The Morgan fingerprint density at radius 1 is 1.16 bits per heavy atom. The average molecular weight is 457 g/mol. The van der Waals surface area contributed by atoms with E-state index in [0.29, 0.717) is 21.5 Å². The zero-order valence-corrected chi connectivity index (χ0v) is 19.3. The van der Waals surface area contributed by atoms with Gasteiger partial charge in [-0.25, -0.2) is 4.98 Å².